The molecule has 0 bridgehead atoms. The molecule has 0 saturated carbocycles. The number of carbonyl (C=O) groups excluding carboxylic acids is 2. The fourth-order valence-electron chi connectivity index (χ4n) is 2.41. The number of anilines is 1. The average molecular weight is 414 g/mol. The van der Waals surface area contributed by atoms with Crippen LogP contribution in [0.5, 0.6) is 5.75 Å². The van der Waals surface area contributed by atoms with E-state index in [1.807, 2.05) is 12.3 Å². The van der Waals surface area contributed by atoms with Gasteiger partial charge in [-0.1, -0.05) is 6.07 Å². The van der Waals surface area contributed by atoms with E-state index in [1.54, 1.807) is 41.7 Å². The first-order chi connectivity index (χ1) is 13.9. The fraction of sp³-hybridized carbons (Fsp3) is 0.190. The molecule has 1 aromatic heterocycles. The predicted molar refractivity (Wildman–Crippen MR) is 108 cm³/mol. The summed E-state index contributed by atoms with van der Waals surface area (Å²) in [6, 6.07) is 11.9. The normalized spacial score (nSPS) is 11.6. The zero-order valence-electron chi connectivity index (χ0n) is 15.8. The molecule has 0 unspecified atom stereocenters. The van der Waals surface area contributed by atoms with E-state index in [0.29, 0.717) is 12.4 Å². The molecular weight excluding hydrogens is 395 g/mol. The van der Waals surface area contributed by atoms with Crippen LogP contribution in [0.3, 0.4) is 0 Å². The average Bonchev–Trinajstić information content (AvgIpc) is 3.12. The summed E-state index contributed by atoms with van der Waals surface area (Å²) in [6.45, 7) is 3.71. The molecule has 1 N–H and O–H groups in total. The van der Waals surface area contributed by atoms with Crippen LogP contribution >= 0.6 is 11.3 Å². The number of benzene rings is 2. The fourth-order valence-corrected chi connectivity index (χ4v) is 3.01. The highest BCUT2D eigenvalue weighted by atomic mass is 32.1. The summed E-state index contributed by atoms with van der Waals surface area (Å²) in [5.41, 5.74) is 1.41. The lowest BCUT2D eigenvalue weighted by Crippen LogP contribution is -2.30. The Bertz CT molecular complexity index is 1000. The van der Waals surface area contributed by atoms with E-state index < -0.39 is 23.8 Å². The number of rotatable bonds is 7. The Labute approximate surface area is 171 Å². The first-order valence-electron chi connectivity index (χ1n) is 8.82. The highest BCUT2D eigenvalue weighted by Crippen LogP contribution is 2.17. The summed E-state index contributed by atoms with van der Waals surface area (Å²) < 4.78 is 24.0. The number of aryl methyl sites for hydroxylation is 1. The highest BCUT2D eigenvalue weighted by Gasteiger charge is 2.19. The molecule has 1 amide bonds. The van der Waals surface area contributed by atoms with Gasteiger partial charge in [0, 0.05) is 11.1 Å². The van der Waals surface area contributed by atoms with Crippen molar-refractivity contribution in [3.63, 3.8) is 0 Å². The van der Waals surface area contributed by atoms with Gasteiger partial charge in [0.2, 0.25) is 0 Å². The molecule has 0 aliphatic rings. The molecule has 0 aliphatic carbocycles. The number of amides is 1. The maximum atomic E-state index is 13.2. The molecule has 2 aromatic carbocycles. The number of hydrogen-bond donors (Lipinski definition) is 1. The summed E-state index contributed by atoms with van der Waals surface area (Å²) in [5, 5.41) is 5.40. The Hall–Kier alpha value is -3.26. The van der Waals surface area contributed by atoms with Crippen LogP contribution in [0.15, 0.2) is 53.9 Å². The van der Waals surface area contributed by atoms with Crippen LogP contribution in [0.1, 0.15) is 28.0 Å². The van der Waals surface area contributed by atoms with Crippen LogP contribution < -0.4 is 10.1 Å². The number of nitrogens with zero attached hydrogens (tertiary/aromatic N) is 1. The number of ether oxygens (including phenoxy) is 2. The van der Waals surface area contributed by atoms with Gasteiger partial charge in [-0.05, 0) is 56.3 Å². The van der Waals surface area contributed by atoms with E-state index in [0.717, 1.165) is 10.7 Å². The highest BCUT2D eigenvalue weighted by molar-refractivity contribution is 7.09. The van der Waals surface area contributed by atoms with E-state index >= 15 is 0 Å². The van der Waals surface area contributed by atoms with Crippen molar-refractivity contribution in [1.29, 1.82) is 0 Å². The standard InChI is InChI=1S/C21H19FN2O4S/c1-13(20(25)24-17-5-3-4-16(22)10-17)28-21(26)15-6-8-19(9-7-15)27-11-18-12-29-14(2)23-18/h3-10,12-13H,11H2,1-2H3,(H,24,25)/t13-/m0/s1. The van der Waals surface area contributed by atoms with Crippen molar-refractivity contribution in [2.45, 2.75) is 26.6 Å². The summed E-state index contributed by atoms with van der Waals surface area (Å²) in [6.07, 6.45) is -1.05. The quantitative estimate of drug-likeness (QED) is 0.582. The lowest BCUT2D eigenvalue weighted by Gasteiger charge is -2.14. The molecule has 8 heteroatoms. The SMILES string of the molecule is Cc1nc(COc2ccc(C(=O)O[C@@H](C)C(=O)Nc3cccc(F)c3)cc2)cs1. The van der Waals surface area contributed by atoms with Crippen LogP contribution in [-0.4, -0.2) is 23.0 Å². The van der Waals surface area contributed by atoms with Crippen molar-refractivity contribution in [2.24, 2.45) is 0 Å². The molecule has 0 radical (unpaired) electrons. The molecule has 1 atom stereocenters. The lowest BCUT2D eigenvalue weighted by molar-refractivity contribution is -0.123. The van der Waals surface area contributed by atoms with Crippen LogP contribution in [0.4, 0.5) is 10.1 Å². The number of thiazole rings is 1. The molecule has 150 valence electrons. The monoisotopic (exact) mass is 414 g/mol. The molecule has 1 heterocycles. The molecule has 3 rings (SSSR count). The van der Waals surface area contributed by atoms with Crippen LogP contribution in [0.25, 0.3) is 0 Å². The van der Waals surface area contributed by atoms with Gasteiger partial charge in [-0.15, -0.1) is 11.3 Å². The minimum Gasteiger partial charge on any atom is -0.487 e. The zero-order valence-corrected chi connectivity index (χ0v) is 16.7. The third kappa shape index (κ3) is 5.86. The Morgan fingerprint density at radius 3 is 2.62 bits per heavy atom. The van der Waals surface area contributed by atoms with E-state index in [1.165, 1.54) is 25.1 Å². The first-order valence-corrected chi connectivity index (χ1v) is 9.70. The van der Waals surface area contributed by atoms with Gasteiger partial charge < -0.3 is 14.8 Å². The second-order valence-electron chi connectivity index (χ2n) is 6.22. The van der Waals surface area contributed by atoms with E-state index in [9.17, 15) is 14.0 Å². The van der Waals surface area contributed by atoms with Crippen molar-refractivity contribution in [2.75, 3.05) is 5.32 Å². The van der Waals surface area contributed by atoms with Gasteiger partial charge in [-0.3, -0.25) is 4.79 Å². The second-order valence-corrected chi connectivity index (χ2v) is 7.28. The summed E-state index contributed by atoms with van der Waals surface area (Å²) in [7, 11) is 0. The molecular formula is C21H19FN2O4S. The molecule has 3 aromatic rings. The smallest absolute Gasteiger partial charge is 0.338 e. The summed E-state index contributed by atoms with van der Waals surface area (Å²) in [5.74, 6) is -1.08. The largest absolute Gasteiger partial charge is 0.487 e. The van der Waals surface area contributed by atoms with Crippen LogP contribution in [0.2, 0.25) is 0 Å². The van der Waals surface area contributed by atoms with E-state index in [2.05, 4.69) is 10.3 Å². The Kier molecular flexibility index (Phi) is 6.56. The van der Waals surface area contributed by atoms with Crippen molar-refractivity contribution in [1.82, 2.24) is 4.98 Å². The molecule has 0 spiro atoms. The van der Waals surface area contributed by atoms with Gasteiger partial charge in [0.25, 0.3) is 5.91 Å². The van der Waals surface area contributed by atoms with Crippen LogP contribution in [-0.2, 0) is 16.1 Å². The third-order valence-corrected chi connectivity index (χ3v) is 4.71. The van der Waals surface area contributed by atoms with Crippen molar-refractivity contribution in [3.05, 3.63) is 76.0 Å². The van der Waals surface area contributed by atoms with Gasteiger partial charge in [-0.2, -0.15) is 0 Å². The molecule has 0 aliphatic heterocycles. The third-order valence-electron chi connectivity index (χ3n) is 3.89. The zero-order chi connectivity index (χ0) is 20.8. The maximum absolute atomic E-state index is 13.2. The Balaban J connectivity index is 1.52. The predicted octanol–water partition coefficient (Wildman–Crippen LogP) is 4.35. The number of aromatic nitrogens is 1. The van der Waals surface area contributed by atoms with E-state index in [-0.39, 0.29) is 11.3 Å². The van der Waals surface area contributed by atoms with Gasteiger partial charge in [0.15, 0.2) is 6.10 Å². The van der Waals surface area contributed by atoms with Crippen molar-refractivity contribution < 1.29 is 23.5 Å². The minimum absolute atomic E-state index is 0.284. The second kappa shape index (κ2) is 9.29. The van der Waals surface area contributed by atoms with Gasteiger partial charge in [0.1, 0.15) is 18.2 Å². The van der Waals surface area contributed by atoms with Gasteiger partial charge >= 0.3 is 5.97 Å². The Morgan fingerprint density at radius 1 is 1.21 bits per heavy atom. The summed E-state index contributed by atoms with van der Waals surface area (Å²) in [4.78, 5) is 28.7. The molecule has 0 saturated heterocycles. The number of esters is 1. The Morgan fingerprint density at radius 2 is 1.97 bits per heavy atom. The summed E-state index contributed by atoms with van der Waals surface area (Å²) >= 11 is 1.55. The van der Waals surface area contributed by atoms with E-state index in [4.69, 9.17) is 9.47 Å². The maximum Gasteiger partial charge on any atom is 0.338 e. The first kappa shape index (κ1) is 20.5. The number of nitrogens with one attached hydrogen (secondary N) is 1. The van der Waals surface area contributed by atoms with Gasteiger partial charge in [-0.25, -0.2) is 14.2 Å². The molecule has 29 heavy (non-hydrogen) atoms. The topological polar surface area (TPSA) is 77.5 Å². The van der Waals surface area contributed by atoms with Crippen molar-refractivity contribution >= 4 is 28.9 Å². The van der Waals surface area contributed by atoms with Crippen molar-refractivity contribution in [3.8, 4) is 5.75 Å². The number of hydrogen-bond acceptors (Lipinski definition) is 6. The minimum atomic E-state index is -1.05. The lowest BCUT2D eigenvalue weighted by atomic mass is 10.2. The molecule has 6 nitrogen and oxygen atoms in total. The van der Waals surface area contributed by atoms with Crippen LogP contribution in [0, 0.1) is 12.7 Å². The van der Waals surface area contributed by atoms with Gasteiger partial charge in [0.05, 0.1) is 16.3 Å². The number of halogens is 1. The molecule has 0 fully saturated rings. The number of carbonyl (C=O) groups is 2.